The molecule has 9 nitrogen and oxygen atoms in total. The molecule has 0 saturated carbocycles. The van der Waals surface area contributed by atoms with Crippen molar-refractivity contribution in [3.05, 3.63) is 35.5 Å². The molecule has 9 heteroatoms. The first-order chi connectivity index (χ1) is 14.0. The third-order valence-corrected chi connectivity index (χ3v) is 5.64. The van der Waals surface area contributed by atoms with Gasteiger partial charge >= 0.3 is 5.97 Å². The fourth-order valence-electron chi connectivity index (χ4n) is 4.06. The summed E-state index contributed by atoms with van der Waals surface area (Å²) >= 11 is 0. The Hall–Kier alpha value is -2.91. The van der Waals surface area contributed by atoms with Crippen LogP contribution in [0.1, 0.15) is 12.8 Å². The minimum atomic E-state index is -0.822. The number of likely N-dealkylation sites (tertiary alicyclic amines) is 1. The number of carboxylic acids is 1. The van der Waals surface area contributed by atoms with E-state index >= 15 is 0 Å². The summed E-state index contributed by atoms with van der Waals surface area (Å²) in [6.45, 7) is 2.74. The first-order valence-corrected chi connectivity index (χ1v) is 9.77. The Bertz CT molecular complexity index is 881. The van der Waals surface area contributed by atoms with E-state index in [1.165, 1.54) is 5.57 Å². The van der Waals surface area contributed by atoms with Crippen molar-refractivity contribution in [2.75, 3.05) is 38.6 Å². The monoisotopic (exact) mass is 398 g/mol. The third-order valence-electron chi connectivity index (χ3n) is 5.64. The van der Waals surface area contributed by atoms with Crippen LogP contribution < -0.4 is 15.8 Å². The molecule has 3 heterocycles. The van der Waals surface area contributed by atoms with E-state index in [-0.39, 0.29) is 6.04 Å². The van der Waals surface area contributed by atoms with Gasteiger partial charge in [-0.25, -0.2) is 4.99 Å². The second-order valence-electron chi connectivity index (χ2n) is 7.52. The number of carboxylic acid groups (broad SMARTS) is 1. The molecule has 3 aliphatic heterocycles. The molecule has 1 fully saturated rings. The number of carbonyl (C=O) groups is 1. The molecule has 4 N–H and O–H groups in total. The lowest BCUT2D eigenvalue weighted by Crippen LogP contribution is -2.50. The van der Waals surface area contributed by atoms with Crippen molar-refractivity contribution >= 4 is 23.8 Å². The van der Waals surface area contributed by atoms with Gasteiger partial charge in [-0.1, -0.05) is 6.07 Å². The highest BCUT2D eigenvalue weighted by Gasteiger charge is 2.34. The molecular formula is C20H26N6O3. The van der Waals surface area contributed by atoms with Gasteiger partial charge in [0.05, 0.1) is 13.0 Å². The van der Waals surface area contributed by atoms with Crippen molar-refractivity contribution in [2.24, 2.45) is 21.7 Å². The minimum Gasteiger partial charge on any atom is -0.497 e. The summed E-state index contributed by atoms with van der Waals surface area (Å²) in [7, 11) is 1.64. The van der Waals surface area contributed by atoms with Crippen LogP contribution in [0.15, 0.2) is 45.6 Å². The first kappa shape index (κ1) is 19.4. The van der Waals surface area contributed by atoms with Crippen LogP contribution in [-0.4, -0.2) is 72.5 Å². The molecule has 3 aliphatic rings. The molecule has 0 bridgehead atoms. The Labute approximate surface area is 169 Å². The van der Waals surface area contributed by atoms with E-state index in [4.69, 9.17) is 10.5 Å². The second kappa shape index (κ2) is 8.22. The summed E-state index contributed by atoms with van der Waals surface area (Å²) in [4.78, 5) is 18.1. The van der Waals surface area contributed by atoms with Gasteiger partial charge in [0.1, 0.15) is 17.8 Å². The van der Waals surface area contributed by atoms with Crippen molar-refractivity contribution in [2.45, 2.75) is 18.9 Å². The van der Waals surface area contributed by atoms with Gasteiger partial charge < -0.3 is 20.9 Å². The zero-order valence-corrected chi connectivity index (χ0v) is 16.4. The van der Waals surface area contributed by atoms with E-state index in [1.807, 2.05) is 29.3 Å². The van der Waals surface area contributed by atoms with E-state index in [9.17, 15) is 9.90 Å². The Morgan fingerprint density at radius 2 is 2.28 bits per heavy atom. The maximum atomic E-state index is 11.5. The highest BCUT2D eigenvalue weighted by atomic mass is 16.5. The number of methoxy groups -OCH3 is 1. The summed E-state index contributed by atoms with van der Waals surface area (Å²) in [6.07, 6.45) is 3.10. The van der Waals surface area contributed by atoms with Crippen LogP contribution in [0.2, 0.25) is 0 Å². The smallest absolute Gasteiger partial charge is 0.309 e. The van der Waals surface area contributed by atoms with Gasteiger partial charge in [-0.3, -0.25) is 14.7 Å². The molecule has 29 heavy (non-hydrogen) atoms. The molecule has 1 aromatic carbocycles. The van der Waals surface area contributed by atoms with E-state index in [2.05, 4.69) is 20.3 Å². The van der Waals surface area contributed by atoms with Crippen LogP contribution in [0.25, 0.3) is 0 Å². The zero-order valence-electron chi connectivity index (χ0n) is 16.4. The Kier molecular flexibility index (Phi) is 5.50. The molecule has 0 spiro atoms. The van der Waals surface area contributed by atoms with Crippen molar-refractivity contribution in [3.63, 3.8) is 0 Å². The minimum absolute atomic E-state index is 0.285. The SMILES string of the molecule is COc1cccc(NC2=NC=NN3CCC(CN4CC[C@@H](N)[C@H](C(=O)O)C4)=C23)c1. The molecule has 0 unspecified atom stereocenters. The topological polar surface area (TPSA) is 116 Å². The van der Waals surface area contributed by atoms with E-state index in [0.29, 0.717) is 19.5 Å². The number of nitrogens with two attached hydrogens (primary N) is 1. The van der Waals surface area contributed by atoms with Gasteiger partial charge in [0.2, 0.25) is 0 Å². The van der Waals surface area contributed by atoms with Crippen LogP contribution >= 0.6 is 0 Å². The number of hydrogen-bond acceptors (Lipinski definition) is 8. The van der Waals surface area contributed by atoms with Crippen molar-refractivity contribution in [1.82, 2.24) is 9.91 Å². The second-order valence-corrected chi connectivity index (χ2v) is 7.52. The number of nitrogens with one attached hydrogen (secondary N) is 1. The predicted octanol–water partition coefficient (Wildman–Crippen LogP) is 1.16. The van der Waals surface area contributed by atoms with Crippen molar-refractivity contribution < 1.29 is 14.6 Å². The predicted molar refractivity (Wildman–Crippen MR) is 111 cm³/mol. The van der Waals surface area contributed by atoms with Crippen LogP contribution in [0.5, 0.6) is 5.75 Å². The van der Waals surface area contributed by atoms with Gasteiger partial charge in [-0.2, -0.15) is 5.10 Å². The molecule has 1 saturated heterocycles. The highest BCUT2D eigenvalue weighted by molar-refractivity contribution is 6.12. The highest BCUT2D eigenvalue weighted by Crippen LogP contribution is 2.29. The number of ether oxygens (including phenoxy) is 1. The van der Waals surface area contributed by atoms with Crippen LogP contribution in [0.4, 0.5) is 5.69 Å². The number of fused-ring (bicyclic) bond motifs is 1. The van der Waals surface area contributed by atoms with Crippen LogP contribution in [0, 0.1) is 5.92 Å². The van der Waals surface area contributed by atoms with Gasteiger partial charge in [-0.05, 0) is 30.5 Å². The van der Waals surface area contributed by atoms with Gasteiger partial charge in [-0.15, -0.1) is 0 Å². The molecule has 0 radical (unpaired) electrons. The Morgan fingerprint density at radius 1 is 1.41 bits per heavy atom. The number of anilines is 1. The van der Waals surface area contributed by atoms with Crippen molar-refractivity contribution in [1.29, 1.82) is 0 Å². The maximum Gasteiger partial charge on any atom is 0.309 e. The molecule has 0 amide bonds. The largest absolute Gasteiger partial charge is 0.497 e. The summed E-state index contributed by atoms with van der Waals surface area (Å²) in [5, 5.41) is 19.1. The fraction of sp³-hybridized carbons (Fsp3) is 0.450. The van der Waals surface area contributed by atoms with Gasteiger partial charge in [0.15, 0.2) is 5.84 Å². The standard InChI is InChI=1S/C20H26N6O3/c1-29-15-4-2-3-14(9-15)24-19-18-13(5-8-26(18)23-12-22-19)10-25-7-6-17(21)16(11-25)20(27)28/h2-4,9,12,16-17H,5-8,10-11,21H2,1H3,(H,27,28)(H,22,23,24)/t16-,17-/m1/s1. The number of hydrazone groups is 1. The van der Waals surface area contributed by atoms with Gasteiger partial charge in [0, 0.05) is 44.0 Å². The van der Waals surface area contributed by atoms with Crippen LogP contribution in [0.3, 0.4) is 0 Å². The summed E-state index contributed by atoms with van der Waals surface area (Å²) < 4.78 is 5.30. The molecule has 4 rings (SSSR count). The lowest BCUT2D eigenvalue weighted by atomic mass is 9.92. The van der Waals surface area contributed by atoms with Gasteiger partial charge in [0.25, 0.3) is 0 Å². The number of aliphatic imine (C=N–C) groups is 1. The van der Waals surface area contributed by atoms with E-state index < -0.39 is 11.9 Å². The summed E-state index contributed by atoms with van der Waals surface area (Å²) in [6, 6.07) is 7.40. The summed E-state index contributed by atoms with van der Waals surface area (Å²) in [5.74, 6) is 0.155. The molecule has 0 aliphatic carbocycles. The fourth-order valence-corrected chi connectivity index (χ4v) is 4.06. The number of benzene rings is 1. The number of rotatable bonds is 5. The Balaban J connectivity index is 1.53. The average Bonchev–Trinajstić information content (AvgIpc) is 3.13. The lowest BCUT2D eigenvalue weighted by Gasteiger charge is -2.35. The lowest BCUT2D eigenvalue weighted by molar-refractivity contribution is -0.144. The number of piperidine rings is 1. The molecular weight excluding hydrogens is 372 g/mol. The molecule has 154 valence electrons. The molecule has 0 aromatic heterocycles. The number of nitrogens with zero attached hydrogens (tertiary/aromatic N) is 4. The van der Waals surface area contributed by atoms with Crippen molar-refractivity contribution in [3.8, 4) is 5.75 Å². The quantitative estimate of drug-likeness (QED) is 0.681. The number of aliphatic carboxylic acids is 1. The average molecular weight is 398 g/mol. The zero-order chi connectivity index (χ0) is 20.4. The van der Waals surface area contributed by atoms with E-state index in [1.54, 1.807) is 13.4 Å². The first-order valence-electron chi connectivity index (χ1n) is 9.77. The molecule has 2 atom stereocenters. The Morgan fingerprint density at radius 3 is 3.07 bits per heavy atom. The molecule has 1 aromatic rings. The number of hydrogen-bond donors (Lipinski definition) is 3. The van der Waals surface area contributed by atoms with Crippen LogP contribution in [-0.2, 0) is 4.79 Å². The third kappa shape index (κ3) is 4.10. The normalized spacial score (nSPS) is 24.3. The maximum absolute atomic E-state index is 11.5. The summed E-state index contributed by atoms with van der Waals surface area (Å²) in [5.41, 5.74) is 9.06. The number of amidine groups is 1. The van der Waals surface area contributed by atoms with E-state index in [0.717, 1.165) is 42.5 Å².